The third-order valence-corrected chi connectivity index (χ3v) is 5.70. The van der Waals surface area contributed by atoms with E-state index in [1.54, 1.807) is 26.0 Å². The first-order valence-electron chi connectivity index (χ1n) is 12.3. The minimum absolute atomic E-state index is 0.0939. The summed E-state index contributed by atoms with van der Waals surface area (Å²) in [5, 5.41) is 4.90. The van der Waals surface area contributed by atoms with Gasteiger partial charge in [0, 0.05) is 17.9 Å². The maximum absolute atomic E-state index is 13.1. The number of rotatable bonds is 9. The van der Waals surface area contributed by atoms with E-state index >= 15 is 0 Å². The van der Waals surface area contributed by atoms with Gasteiger partial charge in [-0.2, -0.15) is 0 Å². The molecule has 1 aliphatic rings. The van der Waals surface area contributed by atoms with E-state index in [1.165, 1.54) is 42.4 Å². The molecule has 0 unspecified atom stereocenters. The van der Waals surface area contributed by atoms with Crippen molar-refractivity contribution in [3.8, 4) is 0 Å². The molecule has 3 rings (SSSR count). The van der Waals surface area contributed by atoms with Crippen molar-refractivity contribution in [2.75, 3.05) is 25.6 Å². The Hall–Kier alpha value is -4.67. The topological polar surface area (TPSA) is 144 Å². The molecular weight excluding hydrogens is 506 g/mol. The van der Waals surface area contributed by atoms with Crippen LogP contribution in [-0.4, -0.2) is 54.8 Å². The van der Waals surface area contributed by atoms with E-state index in [2.05, 4.69) is 10.6 Å². The Morgan fingerprint density at radius 2 is 1.72 bits per heavy atom. The number of carbonyl (C=O) groups is 5. The monoisotopic (exact) mass is 537 g/mol. The average molecular weight is 538 g/mol. The highest BCUT2D eigenvalue weighted by molar-refractivity contribution is 6.39. The molecule has 11 nitrogen and oxygen atoms in total. The minimum Gasteiger partial charge on any atom is -0.465 e. The molecule has 2 heterocycles. The van der Waals surface area contributed by atoms with Gasteiger partial charge in [0.2, 0.25) is 0 Å². The number of nitrogens with zero attached hydrogens (tertiary/aromatic N) is 1. The minimum atomic E-state index is -0.905. The van der Waals surface area contributed by atoms with Gasteiger partial charge in [0.05, 0.1) is 37.0 Å². The smallest absolute Gasteiger partial charge is 0.340 e. The molecular formula is C28H31N3O8. The van der Waals surface area contributed by atoms with Crippen LogP contribution in [0.4, 0.5) is 5.69 Å². The van der Waals surface area contributed by atoms with Crippen molar-refractivity contribution in [1.29, 1.82) is 0 Å². The summed E-state index contributed by atoms with van der Waals surface area (Å²) < 4.78 is 15.5. The first-order chi connectivity index (χ1) is 18.5. The van der Waals surface area contributed by atoms with Gasteiger partial charge in [-0.15, -0.1) is 0 Å². The van der Waals surface area contributed by atoms with Crippen LogP contribution in [0.25, 0.3) is 6.08 Å². The molecule has 0 aliphatic carbocycles. The number of methoxy groups -OCH3 is 1. The first kappa shape index (κ1) is 28.9. The quantitative estimate of drug-likeness (QED) is 0.282. The van der Waals surface area contributed by atoms with Gasteiger partial charge >= 0.3 is 23.8 Å². The van der Waals surface area contributed by atoms with E-state index in [4.69, 9.17) is 13.9 Å². The lowest BCUT2D eigenvalue weighted by atomic mass is 10.1. The number of benzene rings is 1. The van der Waals surface area contributed by atoms with Gasteiger partial charge in [-0.3, -0.25) is 14.4 Å². The largest absolute Gasteiger partial charge is 0.465 e. The van der Waals surface area contributed by atoms with Gasteiger partial charge in [0.15, 0.2) is 0 Å². The summed E-state index contributed by atoms with van der Waals surface area (Å²) in [5.74, 6) is -2.46. The zero-order chi connectivity index (χ0) is 28.7. The molecule has 2 aromatic rings. The lowest BCUT2D eigenvalue weighted by Crippen LogP contribution is -2.34. The molecule has 0 spiro atoms. The normalized spacial score (nSPS) is 14.2. The second kappa shape index (κ2) is 12.7. The summed E-state index contributed by atoms with van der Waals surface area (Å²) in [4.78, 5) is 63.2. The number of furan rings is 1. The molecule has 0 fully saturated rings. The molecule has 0 radical (unpaired) electrons. The summed E-state index contributed by atoms with van der Waals surface area (Å²) in [6.45, 7) is 7.91. The Kier molecular flexibility index (Phi) is 9.43. The highest BCUT2D eigenvalue weighted by Gasteiger charge is 2.37. The van der Waals surface area contributed by atoms with Crippen molar-refractivity contribution in [1.82, 2.24) is 10.2 Å². The number of hydrogen-bond donors (Lipinski definition) is 2. The van der Waals surface area contributed by atoms with Crippen molar-refractivity contribution in [3.63, 3.8) is 0 Å². The molecule has 11 heteroatoms. The summed E-state index contributed by atoms with van der Waals surface area (Å²) in [6.07, 6.45) is 1.45. The van der Waals surface area contributed by atoms with Crippen molar-refractivity contribution >= 4 is 41.4 Å². The van der Waals surface area contributed by atoms with E-state index in [1.807, 2.05) is 13.8 Å². The number of carbonyl (C=O) groups excluding carboxylic acids is 5. The van der Waals surface area contributed by atoms with Crippen LogP contribution in [0.1, 0.15) is 49.6 Å². The SMILES string of the molecule is CCOC(=O)c1ccc(NC(=O)C(=O)NCc2ccc(/C=C3/C(=O)N(CC(C)C)C(C)=C3C(=O)OC)o2)cc1. The van der Waals surface area contributed by atoms with E-state index < -0.39 is 23.8 Å². The van der Waals surface area contributed by atoms with Gasteiger partial charge in [-0.25, -0.2) is 9.59 Å². The summed E-state index contributed by atoms with van der Waals surface area (Å²) in [7, 11) is 1.25. The maximum Gasteiger partial charge on any atom is 0.340 e. The van der Waals surface area contributed by atoms with E-state index in [9.17, 15) is 24.0 Å². The standard InChI is InChI=1S/C28H31N3O8/c1-6-38-27(35)18-7-9-19(10-8-18)30-25(33)24(32)29-14-21-12-11-20(39-21)13-22-23(28(36)37-5)17(4)31(26(22)34)15-16(2)3/h7-13,16H,6,14-15H2,1-5H3,(H,29,32)(H,30,33)/b22-13+. The molecule has 206 valence electrons. The maximum atomic E-state index is 13.1. The molecule has 3 amide bonds. The molecule has 2 N–H and O–H groups in total. The van der Waals surface area contributed by atoms with Gasteiger partial charge in [-0.1, -0.05) is 13.8 Å². The van der Waals surface area contributed by atoms with Gasteiger partial charge in [0.1, 0.15) is 11.5 Å². The van der Waals surface area contributed by atoms with Crippen LogP contribution < -0.4 is 10.6 Å². The predicted octanol–water partition coefficient (Wildman–Crippen LogP) is 3.04. The second-order valence-electron chi connectivity index (χ2n) is 9.06. The number of amides is 3. The molecule has 39 heavy (non-hydrogen) atoms. The fourth-order valence-electron chi connectivity index (χ4n) is 3.86. The van der Waals surface area contributed by atoms with Crippen molar-refractivity contribution in [2.24, 2.45) is 5.92 Å². The van der Waals surface area contributed by atoms with E-state index in [0.29, 0.717) is 29.3 Å². The molecule has 0 saturated heterocycles. The summed E-state index contributed by atoms with van der Waals surface area (Å²) >= 11 is 0. The van der Waals surface area contributed by atoms with Crippen molar-refractivity contribution < 1.29 is 37.9 Å². The highest BCUT2D eigenvalue weighted by Crippen LogP contribution is 2.32. The van der Waals surface area contributed by atoms with Gasteiger partial charge in [0.25, 0.3) is 5.91 Å². The van der Waals surface area contributed by atoms with E-state index in [0.717, 1.165) is 0 Å². The summed E-state index contributed by atoms with van der Waals surface area (Å²) in [5.41, 5.74) is 1.47. The lowest BCUT2D eigenvalue weighted by molar-refractivity contribution is -0.136. The Bertz CT molecular complexity index is 1330. The van der Waals surface area contributed by atoms with E-state index in [-0.39, 0.29) is 41.9 Å². The zero-order valence-electron chi connectivity index (χ0n) is 22.5. The number of allylic oxidation sites excluding steroid dienone is 1. The van der Waals surface area contributed by atoms with Gasteiger partial charge < -0.3 is 29.4 Å². The van der Waals surface area contributed by atoms with Crippen LogP contribution in [0, 0.1) is 5.92 Å². The third-order valence-electron chi connectivity index (χ3n) is 5.70. The van der Waals surface area contributed by atoms with Crippen LogP contribution in [-0.2, 0) is 35.2 Å². The summed E-state index contributed by atoms with van der Waals surface area (Å²) in [6, 6.07) is 9.08. The average Bonchev–Trinajstić information content (AvgIpc) is 3.45. The third kappa shape index (κ3) is 7.01. The van der Waals surface area contributed by atoms with Crippen LogP contribution in [0.3, 0.4) is 0 Å². The van der Waals surface area contributed by atoms with Crippen LogP contribution in [0.15, 0.2) is 57.7 Å². The molecule has 0 saturated carbocycles. The Morgan fingerprint density at radius 1 is 1.03 bits per heavy atom. The predicted molar refractivity (Wildman–Crippen MR) is 141 cm³/mol. The van der Waals surface area contributed by atoms with Crippen molar-refractivity contribution in [2.45, 2.75) is 34.2 Å². The Morgan fingerprint density at radius 3 is 2.33 bits per heavy atom. The van der Waals surface area contributed by atoms with Crippen LogP contribution >= 0.6 is 0 Å². The number of nitrogens with one attached hydrogen (secondary N) is 2. The number of ether oxygens (including phenoxy) is 2. The second-order valence-corrected chi connectivity index (χ2v) is 9.06. The van der Waals surface area contributed by atoms with Gasteiger partial charge in [-0.05, 0) is 62.2 Å². The molecule has 1 aromatic carbocycles. The highest BCUT2D eigenvalue weighted by atomic mass is 16.5. The fourth-order valence-corrected chi connectivity index (χ4v) is 3.86. The number of esters is 2. The zero-order valence-corrected chi connectivity index (χ0v) is 22.5. The van der Waals surface area contributed by atoms with Crippen molar-refractivity contribution in [3.05, 3.63) is 70.3 Å². The molecule has 1 aromatic heterocycles. The Balaban J connectivity index is 1.64. The number of anilines is 1. The molecule has 0 bridgehead atoms. The van der Waals surface area contributed by atoms with Crippen LogP contribution in [0.5, 0.6) is 0 Å². The molecule has 1 aliphatic heterocycles. The number of hydrogen-bond acceptors (Lipinski definition) is 8. The first-order valence-corrected chi connectivity index (χ1v) is 12.3. The fraction of sp³-hybridized carbons (Fsp3) is 0.321. The Labute approximate surface area is 225 Å². The lowest BCUT2D eigenvalue weighted by Gasteiger charge is -2.19. The van der Waals surface area contributed by atoms with Crippen LogP contribution in [0.2, 0.25) is 0 Å². The molecule has 0 atom stereocenters.